The summed E-state index contributed by atoms with van der Waals surface area (Å²) in [5.41, 5.74) is 1.38. The van der Waals surface area contributed by atoms with E-state index in [-0.39, 0.29) is 6.79 Å². The third-order valence-electron chi connectivity index (χ3n) is 2.61. The van der Waals surface area contributed by atoms with Crippen molar-refractivity contribution >= 4 is 12.6 Å². The van der Waals surface area contributed by atoms with Crippen LogP contribution in [0, 0.1) is 0 Å². The molecule has 0 unspecified atom stereocenters. The van der Waals surface area contributed by atoms with Gasteiger partial charge in [-0.25, -0.2) is 0 Å². The summed E-state index contributed by atoms with van der Waals surface area (Å²) >= 11 is 0. The predicted molar refractivity (Wildman–Crippen MR) is 73.0 cm³/mol. The maximum Gasteiger partial charge on any atom is 0.492 e. The second kappa shape index (κ2) is 6.94. The molecule has 2 aromatic carbocycles. The molecule has 2 rings (SSSR count). The molecule has 2 aromatic rings. The van der Waals surface area contributed by atoms with Crippen molar-refractivity contribution in [2.24, 2.45) is 0 Å². The van der Waals surface area contributed by atoms with Crippen molar-refractivity contribution in [1.82, 2.24) is 0 Å². The summed E-state index contributed by atoms with van der Waals surface area (Å²) in [5, 5.41) is 18.3. The summed E-state index contributed by atoms with van der Waals surface area (Å²) in [5.74, 6) is 0.408. The van der Waals surface area contributed by atoms with Crippen LogP contribution >= 0.6 is 0 Å². The highest BCUT2D eigenvalue weighted by molar-refractivity contribution is 6.59. The molecule has 0 amide bonds. The van der Waals surface area contributed by atoms with E-state index in [1.54, 1.807) is 24.3 Å². The van der Waals surface area contributed by atoms with Gasteiger partial charge in [-0.15, -0.1) is 0 Å². The number of ether oxygens (including phenoxy) is 2. The molecule has 0 atom stereocenters. The third kappa shape index (κ3) is 4.10. The average Bonchev–Trinajstić information content (AvgIpc) is 2.45. The standard InChI is InChI=1S/C14H15BO4/c16-15(17)13-8-4-5-9-14(13)19-11-18-10-12-6-2-1-3-7-12/h1-9,16-17H,10-11H2. The lowest BCUT2D eigenvalue weighted by Gasteiger charge is -2.11. The van der Waals surface area contributed by atoms with Crippen molar-refractivity contribution in [3.05, 3.63) is 60.2 Å². The van der Waals surface area contributed by atoms with Crippen molar-refractivity contribution < 1.29 is 19.5 Å². The molecule has 98 valence electrons. The lowest BCUT2D eigenvalue weighted by molar-refractivity contribution is 0.00551. The van der Waals surface area contributed by atoms with Gasteiger partial charge in [0.15, 0.2) is 6.79 Å². The van der Waals surface area contributed by atoms with E-state index in [0.717, 1.165) is 5.56 Å². The Kier molecular flexibility index (Phi) is 4.97. The van der Waals surface area contributed by atoms with E-state index >= 15 is 0 Å². The van der Waals surface area contributed by atoms with Crippen LogP contribution in [-0.4, -0.2) is 24.0 Å². The summed E-state index contributed by atoms with van der Waals surface area (Å²) in [4.78, 5) is 0. The first-order chi connectivity index (χ1) is 9.27. The zero-order valence-electron chi connectivity index (χ0n) is 10.4. The van der Waals surface area contributed by atoms with Crippen molar-refractivity contribution in [1.29, 1.82) is 0 Å². The first-order valence-corrected chi connectivity index (χ1v) is 5.97. The molecule has 0 aromatic heterocycles. The Balaban J connectivity index is 1.83. The Bertz CT molecular complexity index is 502. The fourth-order valence-corrected chi connectivity index (χ4v) is 1.66. The molecule has 2 N–H and O–H groups in total. The Labute approximate surface area is 112 Å². The van der Waals surface area contributed by atoms with Crippen molar-refractivity contribution in [2.45, 2.75) is 6.61 Å². The van der Waals surface area contributed by atoms with Crippen molar-refractivity contribution in [2.75, 3.05) is 6.79 Å². The van der Waals surface area contributed by atoms with Crippen LogP contribution in [0.5, 0.6) is 5.75 Å². The number of hydrogen-bond donors (Lipinski definition) is 2. The molecule has 5 heteroatoms. The van der Waals surface area contributed by atoms with Gasteiger partial charge in [0.1, 0.15) is 5.75 Å². The summed E-state index contributed by atoms with van der Waals surface area (Å²) in [6.45, 7) is 0.503. The maximum absolute atomic E-state index is 9.17. The molecule has 0 saturated carbocycles. The molecule has 0 fully saturated rings. The number of para-hydroxylation sites is 1. The van der Waals surface area contributed by atoms with E-state index in [0.29, 0.717) is 17.8 Å². The van der Waals surface area contributed by atoms with E-state index in [9.17, 15) is 10.0 Å². The van der Waals surface area contributed by atoms with E-state index in [2.05, 4.69) is 0 Å². The van der Waals surface area contributed by atoms with Crippen LogP contribution in [0.25, 0.3) is 0 Å². The third-order valence-corrected chi connectivity index (χ3v) is 2.61. The second-order valence-electron chi connectivity index (χ2n) is 4.01. The van der Waals surface area contributed by atoms with E-state index in [4.69, 9.17) is 9.47 Å². The second-order valence-corrected chi connectivity index (χ2v) is 4.01. The Hall–Kier alpha value is -1.82. The highest BCUT2D eigenvalue weighted by atomic mass is 16.7. The van der Waals surface area contributed by atoms with Crippen LogP contribution in [0.1, 0.15) is 5.56 Å². The van der Waals surface area contributed by atoms with Gasteiger partial charge in [-0.05, 0) is 11.6 Å². The highest BCUT2D eigenvalue weighted by Gasteiger charge is 2.16. The summed E-state index contributed by atoms with van der Waals surface area (Å²) in [7, 11) is -1.55. The molecule has 0 radical (unpaired) electrons. The van der Waals surface area contributed by atoms with Gasteiger partial charge in [0.05, 0.1) is 6.61 Å². The minimum atomic E-state index is -1.55. The molecule has 4 nitrogen and oxygen atoms in total. The molecule has 0 spiro atoms. The monoisotopic (exact) mass is 258 g/mol. The summed E-state index contributed by atoms with van der Waals surface area (Å²) < 4.78 is 10.8. The highest BCUT2D eigenvalue weighted by Crippen LogP contribution is 2.08. The largest absolute Gasteiger partial charge is 0.492 e. The first kappa shape index (κ1) is 13.6. The Morgan fingerprint density at radius 3 is 2.32 bits per heavy atom. The van der Waals surface area contributed by atoms with Crippen LogP contribution in [0.4, 0.5) is 0 Å². The lowest BCUT2D eigenvalue weighted by Crippen LogP contribution is -2.31. The molecule has 0 bridgehead atoms. The van der Waals surface area contributed by atoms with Gasteiger partial charge in [-0.3, -0.25) is 0 Å². The maximum atomic E-state index is 9.17. The first-order valence-electron chi connectivity index (χ1n) is 5.97. The Morgan fingerprint density at radius 1 is 0.895 bits per heavy atom. The van der Waals surface area contributed by atoms with Crippen LogP contribution in [0.15, 0.2) is 54.6 Å². The van der Waals surface area contributed by atoms with Crippen LogP contribution in [0.3, 0.4) is 0 Å². The quantitative estimate of drug-likeness (QED) is 0.459. The molecule has 0 aliphatic heterocycles. The minimum Gasteiger partial charge on any atom is -0.468 e. The van der Waals surface area contributed by atoms with E-state index in [1.807, 2.05) is 30.3 Å². The van der Waals surface area contributed by atoms with Gasteiger partial charge >= 0.3 is 7.12 Å². The number of hydrogen-bond acceptors (Lipinski definition) is 4. The molecular weight excluding hydrogens is 243 g/mol. The molecular formula is C14H15BO4. The van der Waals surface area contributed by atoms with Crippen LogP contribution in [-0.2, 0) is 11.3 Å². The predicted octanol–water partition coefficient (Wildman–Crippen LogP) is 0.919. The van der Waals surface area contributed by atoms with Gasteiger partial charge in [-0.2, -0.15) is 0 Å². The molecule has 19 heavy (non-hydrogen) atoms. The fourth-order valence-electron chi connectivity index (χ4n) is 1.66. The van der Waals surface area contributed by atoms with E-state index in [1.165, 1.54) is 0 Å². The average molecular weight is 258 g/mol. The molecule has 0 aliphatic carbocycles. The van der Waals surface area contributed by atoms with Gasteiger partial charge in [0, 0.05) is 5.46 Å². The fraction of sp³-hybridized carbons (Fsp3) is 0.143. The zero-order chi connectivity index (χ0) is 13.5. The molecule has 0 aliphatic rings. The minimum absolute atomic E-state index is 0.0542. The SMILES string of the molecule is OB(O)c1ccccc1OCOCc1ccccc1. The Morgan fingerprint density at radius 2 is 1.58 bits per heavy atom. The number of rotatable bonds is 6. The van der Waals surface area contributed by atoms with Crippen LogP contribution in [0.2, 0.25) is 0 Å². The van der Waals surface area contributed by atoms with Gasteiger partial charge in [0.2, 0.25) is 0 Å². The lowest BCUT2D eigenvalue weighted by atomic mass is 9.80. The topological polar surface area (TPSA) is 58.9 Å². The number of benzene rings is 2. The zero-order valence-corrected chi connectivity index (χ0v) is 10.4. The van der Waals surface area contributed by atoms with Crippen molar-refractivity contribution in [3.8, 4) is 5.75 Å². The summed E-state index contributed by atoms with van der Waals surface area (Å²) in [6.07, 6.45) is 0. The summed E-state index contributed by atoms with van der Waals surface area (Å²) in [6, 6.07) is 16.5. The molecule has 0 saturated heterocycles. The van der Waals surface area contributed by atoms with Gasteiger partial charge in [0.25, 0.3) is 0 Å². The molecule has 0 heterocycles. The van der Waals surface area contributed by atoms with Gasteiger partial charge < -0.3 is 19.5 Å². The smallest absolute Gasteiger partial charge is 0.468 e. The van der Waals surface area contributed by atoms with Crippen molar-refractivity contribution in [3.63, 3.8) is 0 Å². The normalized spacial score (nSPS) is 10.2. The van der Waals surface area contributed by atoms with E-state index < -0.39 is 7.12 Å². The van der Waals surface area contributed by atoms with Crippen LogP contribution < -0.4 is 10.2 Å². The van der Waals surface area contributed by atoms with Gasteiger partial charge in [-0.1, -0.05) is 48.5 Å².